The first kappa shape index (κ1) is 11.0. The second-order valence-electron chi connectivity index (χ2n) is 2.80. The van der Waals surface area contributed by atoms with E-state index in [0.717, 1.165) is 15.6 Å². The van der Waals surface area contributed by atoms with Gasteiger partial charge in [0.2, 0.25) is 0 Å². The van der Waals surface area contributed by atoms with Gasteiger partial charge in [-0.2, -0.15) is 5.26 Å². The van der Waals surface area contributed by atoms with Gasteiger partial charge in [0.1, 0.15) is 0 Å². The Morgan fingerprint density at radius 2 is 2.21 bits per heavy atom. The Labute approximate surface area is 95.5 Å². The third-order valence-electron chi connectivity index (χ3n) is 1.82. The monoisotopic (exact) mass is 301 g/mol. The molecule has 0 amide bonds. The topological polar surface area (TPSA) is 61.1 Å². The van der Waals surface area contributed by atoms with E-state index in [1.54, 1.807) is 12.1 Å². The Balaban J connectivity index is 3.09. The molecule has 0 saturated carbocycles. The summed E-state index contributed by atoms with van der Waals surface area (Å²) < 4.78 is 0.756. The molecule has 0 aliphatic rings. The second-order valence-corrected chi connectivity index (χ2v) is 3.56. The van der Waals surface area contributed by atoms with E-state index >= 15 is 0 Å². The van der Waals surface area contributed by atoms with Gasteiger partial charge < -0.3 is 5.11 Å². The molecule has 72 valence electrons. The normalized spacial score (nSPS) is 9.43. The molecule has 14 heavy (non-hydrogen) atoms. The number of alkyl halides is 1. The molecule has 0 radical (unpaired) electrons. The van der Waals surface area contributed by atoms with Crippen molar-refractivity contribution in [3.8, 4) is 6.07 Å². The number of nitriles is 1. The maximum Gasteiger partial charge on any atom is 0.307 e. The van der Waals surface area contributed by atoms with Crippen LogP contribution in [0.15, 0.2) is 18.2 Å². The molecule has 0 spiro atoms. The molecule has 0 atom stereocenters. The minimum absolute atomic E-state index is 0.0200. The smallest absolute Gasteiger partial charge is 0.307 e. The molecule has 0 saturated heterocycles. The quantitative estimate of drug-likeness (QED) is 0.687. The average molecular weight is 301 g/mol. The Bertz CT molecular complexity index is 396. The highest BCUT2D eigenvalue weighted by molar-refractivity contribution is 14.1. The number of carbonyl (C=O) groups is 1. The van der Waals surface area contributed by atoms with Crippen LogP contribution in [-0.2, 0) is 15.6 Å². The zero-order chi connectivity index (χ0) is 10.6. The van der Waals surface area contributed by atoms with Crippen LogP contribution < -0.4 is 0 Å². The van der Waals surface area contributed by atoms with Gasteiger partial charge in [0.05, 0.1) is 18.1 Å². The number of halogens is 1. The third-order valence-corrected chi connectivity index (χ3v) is 2.64. The molecule has 0 aliphatic carbocycles. The predicted octanol–water partition coefficient (Wildman–Crippen LogP) is 2.12. The van der Waals surface area contributed by atoms with Crippen molar-refractivity contribution in [3.63, 3.8) is 0 Å². The highest BCUT2D eigenvalue weighted by Gasteiger charge is 2.06. The van der Waals surface area contributed by atoms with Crippen molar-refractivity contribution in [1.82, 2.24) is 0 Å². The van der Waals surface area contributed by atoms with Gasteiger partial charge in [-0.05, 0) is 23.3 Å². The van der Waals surface area contributed by atoms with Crippen molar-refractivity contribution in [2.45, 2.75) is 10.8 Å². The molecular weight excluding hydrogens is 293 g/mol. The lowest BCUT2D eigenvalue weighted by atomic mass is 10.0. The van der Waals surface area contributed by atoms with Crippen LogP contribution in [0.25, 0.3) is 0 Å². The molecule has 1 aromatic carbocycles. The van der Waals surface area contributed by atoms with Crippen LogP contribution in [-0.4, -0.2) is 11.1 Å². The van der Waals surface area contributed by atoms with Gasteiger partial charge in [-0.25, -0.2) is 0 Å². The molecule has 0 heterocycles. The van der Waals surface area contributed by atoms with Crippen LogP contribution in [0.3, 0.4) is 0 Å². The number of hydrogen-bond acceptors (Lipinski definition) is 2. The predicted molar refractivity (Wildman–Crippen MR) is 60.2 cm³/mol. The van der Waals surface area contributed by atoms with Gasteiger partial charge in [0.25, 0.3) is 0 Å². The average Bonchev–Trinajstić information content (AvgIpc) is 2.16. The van der Waals surface area contributed by atoms with E-state index in [4.69, 9.17) is 10.4 Å². The van der Waals surface area contributed by atoms with E-state index in [1.807, 2.05) is 12.1 Å². The van der Waals surface area contributed by atoms with Crippen molar-refractivity contribution in [2.75, 3.05) is 0 Å². The molecule has 0 unspecified atom stereocenters. The fourth-order valence-electron chi connectivity index (χ4n) is 1.15. The minimum atomic E-state index is -0.869. The van der Waals surface area contributed by atoms with Gasteiger partial charge in [-0.3, -0.25) is 4.79 Å². The molecule has 0 aliphatic heterocycles. The Morgan fingerprint density at radius 3 is 2.71 bits per heavy atom. The van der Waals surface area contributed by atoms with Crippen molar-refractivity contribution >= 4 is 28.6 Å². The van der Waals surface area contributed by atoms with E-state index in [-0.39, 0.29) is 6.42 Å². The second kappa shape index (κ2) is 4.96. The summed E-state index contributed by atoms with van der Waals surface area (Å²) in [5.41, 5.74) is 2.22. The molecule has 1 aromatic rings. The van der Waals surface area contributed by atoms with E-state index in [2.05, 4.69) is 22.6 Å². The maximum atomic E-state index is 10.6. The SMILES string of the molecule is N#Cc1ccc(CI)c(CC(=O)O)c1. The van der Waals surface area contributed by atoms with Crippen LogP contribution in [0.4, 0.5) is 0 Å². The van der Waals surface area contributed by atoms with Crippen LogP contribution in [0.5, 0.6) is 0 Å². The van der Waals surface area contributed by atoms with Gasteiger partial charge in [0, 0.05) is 4.43 Å². The van der Waals surface area contributed by atoms with Gasteiger partial charge >= 0.3 is 5.97 Å². The summed E-state index contributed by atoms with van der Waals surface area (Å²) in [6.07, 6.45) is -0.0200. The number of hydrogen-bond donors (Lipinski definition) is 1. The maximum absolute atomic E-state index is 10.6. The van der Waals surface area contributed by atoms with Crippen molar-refractivity contribution in [3.05, 3.63) is 34.9 Å². The first-order valence-corrected chi connectivity index (χ1v) is 5.49. The van der Waals surface area contributed by atoms with Crippen LogP contribution in [0.1, 0.15) is 16.7 Å². The summed E-state index contributed by atoms with van der Waals surface area (Å²) in [4.78, 5) is 10.6. The Hall–Kier alpha value is -1.09. The molecule has 1 N–H and O–H groups in total. The van der Waals surface area contributed by atoms with Gasteiger partial charge in [-0.15, -0.1) is 0 Å². The highest BCUT2D eigenvalue weighted by atomic mass is 127. The lowest BCUT2D eigenvalue weighted by molar-refractivity contribution is -0.136. The van der Waals surface area contributed by atoms with Gasteiger partial charge in [0.15, 0.2) is 0 Å². The van der Waals surface area contributed by atoms with Gasteiger partial charge in [-0.1, -0.05) is 28.7 Å². The largest absolute Gasteiger partial charge is 0.481 e. The lowest BCUT2D eigenvalue weighted by Crippen LogP contribution is -2.03. The Morgan fingerprint density at radius 1 is 1.50 bits per heavy atom. The summed E-state index contributed by atoms with van der Waals surface area (Å²) in [5, 5.41) is 17.3. The standard InChI is InChI=1S/C10H8INO2/c11-5-8-2-1-7(6-12)3-9(8)4-10(13)14/h1-3H,4-5H2,(H,13,14). The summed E-state index contributed by atoms with van der Waals surface area (Å²) in [5.74, 6) is -0.869. The van der Waals surface area contributed by atoms with Crippen LogP contribution >= 0.6 is 22.6 Å². The van der Waals surface area contributed by atoms with E-state index < -0.39 is 5.97 Å². The van der Waals surface area contributed by atoms with E-state index in [1.165, 1.54) is 0 Å². The molecule has 0 bridgehead atoms. The van der Waals surface area contributed by atoms with E-state index in [9.17, 15) is 4.79 Å². The number of nitrogens with zero attached hydrogens (tertiary/aromatic N) is 1. The Kier molecular flexibility index (Phi) is 3.89. The lowest BCUT2D eigenvalue weighted by Gasteiger charge is -2.04. The molecule has 0 fully saturated rings. The summed E-state index contributed by atoms with van der Waals surface area (Å²) in [6.45, 7) is 0. The van der Waals surface area contributed by atoms with Crippen molar-refractivity contribution in [2.24, 2.45) is 0 Å². The summed E-state index contributed by atoms with van der Waals surface area (Å²) in [7, 11) is 0. The molecule has 4 heteroatoms. The number of rotatable bonds is 3. The molecular formula is C10H8INO2. The van der Waals surface area contributed by atoms with Crippen LogP contribution in [0, 0.1) is 11.3 Å². The molecule has 0 aromatic heterocycles. The fourth-order valence-corrected chi connectivity index (χ4v) is 1.90. The zero-order valence-electron chi connectivity index (χ0n) is 7.33. The first-order valence-electron chi connectivity index (χ1n) is 3.97. The number of carboxylic acid groups (broad SMARTS) is 1. The van der Waals surface area contributed by atoms with Crippen molar-refractivity contribution < 1.29 is 9.90 Å². The van der Waals surface area contributed by atoms with Crippen LogP contribution in [0.2, 0.25) is 0 Å². The zero-order valence-corrected chi connectivity index (χ0v) is 9.48. The number of aliphatic carboxylic acids is 1. The summed E-state index contributed by atoms with van der Waals surface area (Å²) in [6, 6.07) is 7.15. The number of carboxylic acids is 1. The fraction of sp³-hybridized carbons (Fsp3) is 0.200. The third kappa shape index (κ3) is 2.70. The van der Waals surface area contributed by atoms with E-state index in [0.29, 0.717) is 5.56 Å². The molecule has 3 nitrogen and oxygen atoms in total. The number of benzene rings is 1. The molecule has 1 rings (SSSR count). The first-order chi connectivity index (χ1) is 6.67. The highest BCUT2D eigenvalue weighted by Crippen LogP contribution is 2.15. The minimum Gasteiger partial charge on any atom is -0.481 e. The summed E-state index contributed by atoms with van der Waals surface area (Å²) >= 11 is 2.17. The van der Waals surface area contributed by atoms with Crippen molar-refractivity contribution in [1.29, 1.82) is 5.26 Å².